The molecule has 0 heterocycles. The third kappa shape index (κ3) is 5.68. The number of benzene rings is 4. The molecule has 4 aromatic carbocycles. The summed E-state index contributed by atoms with van der Waals surface area (Å²) in [6.07, 6.45) is -0.137. The van der Waals surface area contributed by atoms with Gasteiger partial charge in [-0.2, -0.15) is 5.26 Å². The molecule has 5 rings (SSSR count). The van der Waals surface area contributed by atoms with E-state index >= 15 is 0 Å². The van der Waals surface area contributed by atoms with E-state index in [2.05, 4.69) is 37.9 Å². The summed E-state index contributed by atoms with van der Waals surface area (Å²) in [5.41, 5.74) is -1.91. The van der Waals surface area contributed by atoms with Gasteiger partial charge in [-0.15, -0.1) is 0 Å². The standard InChI is InChI=1S/C34H25Br2Cl2NO4/c1-43-32(41)33(19-39)28(21-4-2-6-24(35)16-21)18-34(42,23-10-14-27(38)15-11-23)30(29(33)22-5-3-7-25(36)17-22)31(40)20-8-12-26(37)13-9-20/h2-17,28-30,42H,18H2,1H3/t28-,29+,30-,33+,34-/m0/s1. The molecule has 218 valence electrons. The number of methoxy groups -OCH3 is 1. The van der Waals surface area contributed by atoms with E-state index in [1.54, 1.807) is 72.8 Å². The maximum Gasteiger partial charge on any atom is 0.327 e. The second kappa shape index (κ2) is 12.6. The highest BCUT2D eigenvalue weighted by molar-refractivity contribution is 9.10. The maximum atomic E-state index is 14.7. The number of rotatable bonds is 6. The Labute approximate surface area is 276 Å². The number of carbonyl (C=O) groups excluding carboxylic acids is 2. The molecule has 0 aliphatic heterocycles. The lowest BCUT2D eigenvalue weighted by atomic mass is 9.47. The van der Waals surface area contributed by atoms with Crippen molar-refractivity contribution in [2.75, 3.05) is 7.11 Å². The van der Waals surface area contributed by atoms with Crippen molar-refractivity contribution >= 4 is 66.8 Å². The van der Waals surface area contributed by atoms with Gasteiger partial charge < -0.3 is 9.84 Å². The fourth-order valence-corrected chi connectivity index (χ4v) is 7.53. The Hall–Kier alpha value is -2.99. The van der Waals surface area contributed by atoms with Crippen LogP contribution < -0.4 is 0 Å². The second-order valence-corrected chi connectivity index (χ2v) is 13.3. The summed E-state index contributed by atoms with van der Waals surface area (Å²) in [5, 5.41) is 25.0. The lowest BCUT2D eigenvalue weighted by Gasteiger charge is -2.54. The van der Waals surface area contributed by atoms with E-state index in [0.717, 1.165) is 4.47 Å². The predicted molar refractivity (Wildman–Crippen MR) is 173 cm³/mol. The minimum atomic E-state index is -1.91. The summed E-state index contributed by atoms with van der Waals surface area (Å²) < 4.78 is 6.79. The van der Waals surface area contributed by atoms with Crippen LogP contribution in [-0.2, 0) is 15.1 Å². The topological polar surface area (TPSA) is 87.4 Å². The van der Waals surface area contributed by atoms with Crippen LogP contribution in [-0.4, -0.2) is 24.0 Å². The Balaban J connectivity index is 1.91. The number of halogens is 4. The van der Waals surface area contributed by atoms with Gasteiger partial charge in [-0.3, -0.25) is 9.59 Å². The fraction of sp³-hybridized carbons (Fsp3) is 0.206. The van der Waals surface area contributed by atoms with E-state index < -0.39 is 40.5 Å². The van der Waals surface area contributed by atoms with Gasteiger partial charge in [0, 0.05) is 36.4 Å². The molecular weight excluding hydrogens is 717 g/mol. The molecule has 0 aromatic heterocycles. The van der Waals surface area contributed by atoms with Gasteiger partial charge in [0.1, 0.15) is 5.60 Å². The zero-order valence-corrected chi connectivity index (χ0v) is 27.5. The summed E-state index contributed by atoms with van der Waals surface area (Å²) in [7, 11) is 1.23. The Kier molecular flexibility index (Phi) is 9.18. The lowest BCUT2D eigenvalue weighted by molar-refractivity contribution is -0.162. The van der Waals surface area contributed by atoms with Crippen LogP contribution in [0.2, 0.25) is 10.0 Å². The normalized spacial score (nSPS) is 25.0. The average Bonchev–Trinajstić information content (AvgIpc) is 3.00. The van der Waals surface area contributed by atoms with E-state index in [1.807, 2.05) is 24.3 Å². The van der Waals surface area contributed by atoms with Crippen molar-refractivity contribution in [3.8, 4) is 6.07 Å². The number of ketones is 1. The monoisotopic (exact) mass is 739 g/mol. The molecule has 0 radical (unpaired) electrons. The molecule has 1 saturated carbocycles. The number of nitriles is 1. The predicted octanol–water partition coefficient (Wildman–Crippen LogP) is 8.86. The molecule has 43 heavy (non-hydrogen) atoms. The van der Waals surface area contributed by atoms with Gasteiger partial charge in [-0.05, 0) is 83.8 Å². The van der Waals surface area contributed by atoms with Gasteiger partial charge in [-0.1, -0.05) is 91.5 Å². The number of carbonyl (C=O) groups is 2. The number of hydrogen-bond donors (Lipinski definition) is 1. The number of nitrogens with zero attached hydrogens (tertiary/aromatic N) is 1. The van der Waals surface area contributed by atoms with E-state index in [1.165, 1.54) is 7.11 Å². The minimum absolute atomic E-state index is 0.137. The summed E-state index contributed by atoms with van der Waals surface area (Å²) >= 11 is 19.4. The number of aliphatic hydroxyl groups is 1. The molecule has 0 amide bonds. The van der Waals surface area contributed by atoms with E-state index in [9.17, 15) is 20.0 Å². The van der Waals surface area contributed by atoms with Crippen molar-refractivity contribution in [3.63, 3.8) is 0 Å². The Morgan fingerprint density at radius 1 is 0.884 bits per heavy atom. The van der Waals surface area contributed by atoms with E-state index in [0.29, 0.717) is 31.2 Å². The van der Waals surface area contributed by atoms with Gasteiger partial charge >= 0.3 is 5.97 Å². The SMILES string of the molecule is COC(=O)[C@@]1(C#N)[C@H](c2cccc(Br)c2)[C@@H](C(=O)c2ccc(Cl)cc2)[C@@](O)(c2ccc(Cl)cc2)C[C@H]1c1cccc(Br)c1. The van der Waals surface area contributed by atoms with Crippen LogP contribution in [0.5, 0.6) is 0 Å². The van der Waals surface area contributed by atoms with Crippen molar-refractivity contribution in [1.82, 2.24) is 0 Å². The molecule has 9 heteroatoms. The number of Topliss-reactive ketones (excluding diaryl/α,β-unsaturated/α-hetero) is 1. The molecule has 1 N–H and O–H groups in total. The molecule has 0 unspecified atom stereocenters. The largest absolute Gasteiger partial charge is 0.468 e. The van der Waals surface area contributed by atoms with Crippen LogP contribution in [0, 0.1) is 22.7 Å². The van der Waals surface area contributed by atoms with Gasteiger partial charge in [0.15, 0.2) is 11.2 Å². The number of ether oxygens (including phenoxy) is 1. The first kappa shape index (κ1) is 31.4. The summed E-state index contributed by atoms with van der Waals surface area (Å²) in [4.78, 5) is 28.8. The van der Waals surface area contributed by atoms with Crippen molar-refractivity contribution < 1.29 is 19.4 Å². The summed E-state index contributed by atoms with van der Waals surface area (Å²) in [6, 6.07) is 29.7. The molecule has 1 aliphatic carbocycles. The first-order valence-corrected chi connectivity index (χ1v) is 15.7. The minimum Gasteiger partial charge on any atom is -0.468 e. The van der Waals surface area contributed by atoms with Gasteiger partial charge in [-0.25, -0.2) is 0 Å². The van der Waals surface area contributed by atoms with Crippen molar-refractivity contribution in [1.29, 1.82) is 5.26 Å². The summed E-state index contributed by atoms with van der Waals surface area (Å²) in [5.74, 6) is -4.58. The molecule has 5 nitrogen and oxygen atoms in total. The highest BCUT2D eigenvalue weighted by atomic mass is 79.9. The quantitative estimate of drug-likeness (QED) is 0.158. The number of hydrogen-bond acceptors (Lipinski definition) is 5. The molecule has 1 aliphatic rings. The highest BCUT2D eigenvalue weighted by Crippen LogP contribution is 2.64. The first-order valence-electron chi connectivity index (χ1n) is 13.3. The zero-order valence-electron chi connectivity index (χ0n) is 22.8. The third-order valence-corrected chi connectivity index (χ3v) is 9.82. The van der Waals surface area contributed by atoms with E-state index in [4.69, 9.17) is 27.9 Å². The van der Waals surface area contributed by atoms with Crippen molar-refractivity contribution in [2.45, 2.75) is 23.9 Å². The van der Waals surface area contributed by atoms with Gasteiger partial charge in [0.2, 0.25) is 0 Å². The smallest absolute Gasteiger partial charge is 0.327 e. The number of esters is 1. The zero-order chi connectivity index (χ0) is 30.9. The molecule has 1 fully saturated rings. The molecule has 5 atom stereocenters. The average molecular weight is 742 g/mol. The highest BCUT2D eigenvalue weighted by Gasteiger charge is 2.67. The fourth-order valence-electron chi connectivity index (χ4n) is 6.44. The third-order valence-electron chi connectivity index (χ3n) is 8.33. The second-order valence-electron chi connectivity index (χ2n) is 10.6. The van der Waals surface area contributed by atoms with Crippen LogP contribution in [0.1, 0.15) is 45.3 Å². The molecule has 4 aromatic rings. The summed E-state index contributed by atoms with van der Waals surface area (Å²) in [6.45, 7) is 0. The van der Waals surface area contributed by atoms with E-state index in [-0.39, 0.29) is 12.0 Å². The van der Waals surface area contributed by atoms with Crippen molar-refractivity contribution in [2.24, 2.45) is 11.3 Å². The van der Waals surface area contributed by atoms with Crippen LogP contribution >= 0.6 is 55.1 Å². The Morgan fingerprint density at radius 2 is 1.42 bits per heavy atom. The first-order chi connectivity index (χ1) is 20.5. The van der Waals surface area contributed by atoms with Crippen molar-refractivity contribution in [3.05, 3.63) is 138 Å². The maximum absolute atomic E-state index is 14.7. The molecule has 0 spiro atoms. The molecule has 0 bridgehead atoms. The lowest BCUT2D eigenvalue weighted by Crippen LogP contribution is -2.59. The Morgan fingerprint density at radius 3 is 1.95 bits per heavy atom. The van der Waals surface area contributed by atoms with Crippen LogP contribution in [0.4, 0.5) is 0 Å². The van der Waals surface area contributed by atoms with Crippen LogP contribution in [0.15, 0.2) is 106 Å². The molecular formula is C34H25Br2Cl2NO4. The molecule has 0 saturated heterocycles. The van der Waals surface area contributed by atoms with Crippen LogP contribution in [0.3, 0.4) is 0 Å². The Bertz CT molecular complexity index is 1720. The van der Waals surface area contributed by atoms with Crippen LogP contribution in [0.25, 0.3) is 0 Å². The van der Waals surface area contributed by atoms with Gasteiger partial charge in [0.25, 0.3) is 0 Å². The van der Waals surface area contributed by atoms with Gasteiger partial charge in [0.05, 0.1) is 19.1 Å².